The molecule has 196 valence electrons. The average molecular weight is 545 g/mol. The average Bonchev–Trinajstić information content (AvgIpc) is 3.01. The number of ketones is 2. The molecule has 7 aromatic carbocycles. The molecule has 0 fully saturated rings. The third kappa shape index (κ3) is 2.59. The fraction of sp³-hybridized carbons (Fsp3) is 0. The Morgan fingerprint density at radius 2 is 0.714 bits per heavy atom. The third-order valence-electron chi connectivity index (χ3n) is 8.99. The molecule has 2 N–H and O–H groups in total. The second-order valence-electron chi connectivity index (χ2n) is 10.9. The van der Waals surface area contributed by atoms with Gasteiger partial charge >= 0.3 is 11.9 Å². The van der Waals surface area contributed by atoms with Crippen molar-refractivity contribution in [1.82, 2.24) is 0 Å². The molecule has 0 amide bonds. The normalized spacial score (nSPS) is 13.2. The molecule has 0 bridgehead atoms. The van der Waals surface area contributed by atoms with Crippen molar-refractivity contribution in [3.8, 4) is 22.3 Å². The van der Waals surface area contributed by atoms with E-state index in [1.165, 1.54) is 24.3 Å². The second kappa shape index (κ2) is 7.44. The molecule has 6 heteroatoms. The zero-order valence-corrected chi connectivity index (χ0v) is 21.6. The minimum absolute atomic E-state index is 0.0695. The van der Waals surface area contributed by atoms with Crippen LogP contribution in [0.1, 0.15) is 52.6 Å². The van der Waals surface area contributed by atoms with E-state index in [9.17, 15) is 29.4 Å². The first-order chi connectivity index (χ1) is 20.3. The first-order valence-corrected chi connectivity index (χ1v) is 13.4. The van der Waals surface area contributed by atoms with Crippen LogP contribution >= 0.6 is 0 Å². The summed E-state index contributed by atoms with van der Waals surface area (Å²) in [4.78, 5) is 50.7. The highest BCUT2D eigenvalue weighted by Gasteiger charge is 2.31. The summed E-state index contributed by atoms with van der Waals surface area (Å²) >= 11 is 0. The Hall–Kier alpha value is -5.88. The minimum atomic E-state index is -1.08. The Labute approximate surface area is 236 Å². The Kier molecular flexibility index (Phi) is 4.06. The molecule has 0 atom stereocenters. The van der Waals surface area contributed by atoms with Gasteiger partial charge in [0.25, 0.3) is 0 Å². The molecule has 7 aromatic rings. The predicted octanol–water partition coefficient (Wildman–Crippen LogP) is 7.56. The van der Waals surface area contributed by atoms with Crippen molar-refractivity contribution in [2.45, 2.75) is 0 Å². The van der Waals surface area contributed by atoms with Crippen LogP contribution in [0.3, 0.4) is 0 Å². The Morgan fingerprint density at radius 3 is 1.07 bits per heavy atom. The summed E-state index contributed by atoms with van der Waals surface area (Å²) < 4.78 is 0. The molecule has 0 heterocycles. The summed E-state index contributed by atoms with van der Waals surface area (Å²) in [6.45, 7) is 0. The Balaban J connectivity index is 1.41. The van der Waals surface area contributed by atoms with Gasteiger partial charge in [-0.15, -0.1) is 0 Å². The zero-order valence-electron chi connectivity index (χ0n) is 21.6. The van der Waals surface area contributed by atoms with Gasteiger partial charge in [0.1, 0.15) is 0 Å². The lowest BCUT2D eigenvalue weighted by Gasteiger charge is -2.25. The molecule has 0 aliphatic heterocycles. The summed E-state index contributed by atoms with van der Waals surface area (Å²) in [6.07, 6.45) is 0. The molecule has 0 aromatic heterocycles. The molecule has 0 saturated heterocycles. The number of aromatic carboxylic acids is 2. The fourth-order valence-corrected chi connectivity index (χ4v) is 7.21. The van der Waals surface area contributed by atoms with E-state index in [1.54, 1.807) is 12.1 Å². The SMILES string of the molecule is O=C(O)c1ccc2c(c1)C(=O)c1ccc3c4ccc5c6c(ccc(c7ccc-2c1c37)c64)-c1ccc(C(=O)O)cc1C5=O. The second-order valence-corrected chi connectivity index (χ2v) is 10.9. The van der Waals surface area contributed by atoms with E-state index in [1.807, 2.05) is 48.5 Å². The lowest BCUT2D eigenvalue weighted by molar-refractivity contribution is 0.0686. The van der Waals surface area contributed by atoms with Crippen molar-refractivity contribution < 1.29 is 29.4 Å². The van der Waals surface area contributed by atoms with Crippen LogP contribution < -0.4 is 0 Å². The van der Waals surface area contributed by atoms with Gasteiger partial charge in [-0.3, -0.25) is 9.59 Å². The van der Waals surface area contributed by atoms with Gasteiger partial charge in [0, 0.05) is 33.0 Å². The van der Waals surface area contributed by atoms with Crippen molar-refractivity contribution in [2.75, 3.05) is 0 Å². The molecule has 0 unspecified atom stereocenters. The van der Waals surface area contributed by atoms with E-state index < -0.39 is 11.9 Å². The van der Waals surface area contributed by atoms with Crippen LogP contribution in [0.25, 0.3) is 65.3 Å². The Morgan fingerprint density at radius 1 is 0.381 bits per heavy atom. The quantitative estimate of drug-likeness (QED) is 0.172. The van der Waals surface area contributed by atoms with Crippen molar-refractivity contribution in [2.24, 2.45) is 0 Å². The van der Waals surface area contributed by atoms with Gasteiger partial charge in [0.2, 0.25) is 0 Å². The number of rotatable bonds is 2. The highest BCUT2D eigenvalue weighted by Crippen LogP contribution is 2.50. The van der Waals surface area contributed by atoms with Gasteiger partial charge < -0.3 is 10.2 Å². The number of carboxylic acid groups (broad SMARTS) is 2. The molecule has 9 rings (SSSR count). The van der Waals surface area contributed by atoms with E-state index in [0.717, 1.165) is 54.2 Å². The molecular weight excluding hydrogens is 528 g/mol. The molecule has 0 radical (unpaired) electrons. The van der Waals surface area contributed by atoms with Gasteiger partial charge in [-0.25, -0.2) is 9.59 Å². The fourth-order valence-electron chi connectivity index (χ4n) is 7.21. The van der Waals surface area contributed by atoms with Crippen molar-refractivity contribution in [1.29, 1.82) is 0 Å². The zero-order chi connectivity index (χ0) is 28.6. The van der Waals surface area contributed by atoms with Crippen LogP contribution in [0.2, 0.25) is 0 Å². The standard InChI is InChI=1S/C36H16O6/c37-33-25-11-9-23-24-10-12-26-32-20(18-4-2-16(36(41)42)14-28(18)34(26)38)6-8-22(30(24)32)21-7-5-19(31(25)29(21)23)17-3-1-15(35(39)40)13-27(17)33/h1-14H,(H,39,40)(H,41,42). The maximum atomic E-state index is 13.7. The molecule has 0 saturated carbocycles. The number of carbonyl (C=O) groups is 4. The Bertz CT molecular complexity index is 2310. The maximum absolute atomic E-state index is 13.7. The molecule has 42 heavy (non-hydrogen) atoms. The predicted molar refractivity (Wildman–Crippen MR) is 159 cm³/mol. The van der Waals surface area contributed by atoms with Crippen LogP contribution in [0.4, 0.5) is 0 Å². The van der Waals surface area contributed by atoms with Gasteiger partial charge in [-0.2, -0.15) is 0 Å². The summed E-state index contributed by atoms with van der Waals surface area (Å²) in [5, 5.41) is 26.4. The van der Waals surface area contributed by atoms with Crippen LogP contribution in [0.5, 0.6) is 0 Å². The lowest BCUT2D eigenvalue weighted by Crippen LogP contribution is -2.13. The lowest BCUT2D eigenvalue weighted by atomic mass is 9.76. The maximum Gasteiger partial charge on any atom is 0.335 e. The minimum Gasteiger partial charge on any atom is -0.478 e. The molecular formula is C36H16O6. The van der Waals surface area contributed by atoms with Gasteiger partial charge in [0.05, 0.1) is 11.1 Å². The summed E-state index contributed by atoms with van der Waals surface area (Å²) in [5.41, 5.74) is 5.14. The van der Waals surface area contributed by atoms with Gasteiger partial charge in [0.15, 0.2) is 11.6 Å². The molecule has 6 nitrogen and oxygen atoms in total. The molecule has 2 aliphatic carbocycles. The molecule has 0 spiro atoms. The van der Waals surface area contributed by atoms with Crippen molar-refractivity contribution in [3.63, 3.8) is 0 Å². The first-order valence-electron chi connectivity index (χ1n) is 13.4. The summed E-state index contributed by atoms with van der Waals surface area (Å²) in [5.74, 6) is -2.57. The monoisotopic (exact) mass is 544 g/mol. The summed E-state index contributed by atoms with van der Waals surface area (Å²) in [6, 6.07) is 25.0. The van der Waals surface area contributed by atoms with Gasteiger partial charge in [-0.05, 0) is 91.0 Å². The van der Waals surface area contributed by atoms with Crippen molar-refractivity contribution >= 4 is 66.6 Å². The highest BCUT2D eigenvalue weighted by atomic mass is 16.4. The van der Waals surface area contributed by atoms with Crippen LogP contribution in [0, 0.1) is 0 Å². The number of hydrogen-bond donors (Lipinski definition) is 2. The van der Waals surface area contributed by atoms with Gasteiger partial charge in [-0.1, -0.05) is 48.5 Å². The third-order valence-corrected chi connectivity index (χ3v) is 8.99. The van der Waals surface area contributed by atoms with E-state index in [0.29, 0.717) is 33.4 Å². The number of benzene rings is 7. The van der Waals surface area contributed by atoms with E-state index >= 15 is 0 Å². The van der Waals surface area contributed by atoms with E-state index in [-0.39, 0.29) is 22.7 Å². The van der Waals surface area contributed by atoms with E-state index in [2.05, 4.69) is 0 Å². The number of carbonyl (C=O) groups excluding carboxylic acids is 2. The topological polar surface area (TPSA) is 109 Å². The summed E-state index contributed by atoms with van der Waals surface area (Å²) in [7, 11) is 0. The first kappa shape index (κ1) is 22.9. The number of carboxylic acids is 2. The number of fused-ring (bicyclic) bond motifs is 6. The van der Waals surface area contributed by atoms with Crippen LogP contribution in [-0.2, 0) is 0 Å². The van der Waals surface area contributed by atoms with Crippen LogP contribution in [0.15, 0.2) is 84.9 Å². The number of hydrogen-bond acceptors (Lipinski definition) is 4. The van der Waals surface area contributed by atoms with Crippen molar-refractivity contribution in [3.05, 3.63) is 118 Å². The van der Waals surface area contributed by atoms with E-state index in [4.69, 9.17) is 0 Å². The largest absolute Gasteiger partial charge is 0.478 e. The highest BCUT2D eigenvalue weighted by molar-refractivity contribution is 6.41. The van der Waals surface area contributed by atoms with Crippen LogP contribution in [-0.4, -0.2) is 33.7 Å². The molecule has 2 aliphatic rings. The smallest absolute Gasteiger partial charge is 0.335 e.